The van der Waals surface area contributed by atoms with Gasteiger partial charge in [-0.05, 0) is 0 Å². The molecular weight excluding hydrogens is 360 g/mol. The number of ether oxygens (including phenoxy) is 1. The molecule has 0 bridgehead atoms. The van der Waals surface area contributed by atoms with Crippen LogP contribution >= 0.6 is 0 Å². The second-order valence-electron chi connectivity index (χ2n) is 8.24. The molecule has 9 heteroatoms. The number of amides is 2. The normalized spacial score (nSPS) is 19.5. The van der Waals surface area contributed by atoms with Crippen LogP contribution in [-0.2, 0) is 14.3 Å². The first-order valence-corrected chi connectivity index (χ1v) is 10.1. The van der Waals surface area contributed by atoms with Crippen LogP contribution in [0.4, 0.5) is 0 Å². The largest absolute Gasteiger partial charge is 0.378 e. The highest BCUT2D eigenvalue weighted by Crippen LogP contribution is 2.11. The van der Waals surface area contributed by atoms with Crippen LogP contribution in [0.1, 0.15) is 20.8 Å². The second kappa shape index (κ2) is 10.6. The molecule has 0 radical (unpaired) electrons. The van der Waals surface area contributed by atoms with Gasteiger partial charge in [0.2, 0.25) is 11.8 Å². The Morgan fingerprint density at radius 2 is 1.54 bits per heavy atom. The number of hydrogen-bond acceptors (Lipinski definition) is 5. The lowest BCUT2D eigenvalue weighted by atomic mass is 9.96. The third-order valence-corrected chi connectivity index (χ3v) is 4.98. The molecule has 0 aliphatic carbocycles. The molecule has 0 unspecified atom stereocenters. The number of nitrogens with zero attached hydrogens (tertiary/aromatic N) is 4. The SMILES string of the molecule is CN=C(NCCNC(=O)C(C)(C)C)N1CCN(CC(=O)N2CCOCC2)CC1. The molecule has 0 spiro atoms. The Morgan fingerprint density at radius 1 is 0.929 bits per heavy atom. The molecule has 2 fully saturated rings. The lowest BCUT2D eigenvalue weighted by molar-refractivity contribution is -0.136. The van der Waals surface area contributed by atoms with Crippen LogP contribution in [0.25, 0.3) is 0 Å². The smallest absolute Gasteiger partial charge is 0.236 e. The van der Waals surface area contributed by atoms with Crippen molar-refractivity contribution >= 4 is 17.8 Å². The fourth-order valence-corrected chi connectivity index (χ4v) is 3.17. The summed E-state index contributed by atoms with van der Waals surface area (Å²) in [6, 6.07) is 0. The van der Waals surface area contributed by atoms with Crippen LogP contribution < -0.4 is 10.6 Å². The quantitative estimate of drug-likeness (QED) is 0.359. The number of guanidine groups is 1. The van der Waals surface area contributed by atoms with Crippen molar-refractivity contribution in [2.45, 2.75) is 20.8 Å². The number of carbonyl (C=O) groups excluding carboxylic acids is 2. The van der Waals surface area contributed by atoms with Gasteiger partial charge in [0.1, 0.15) is 0 Å². The van der Waals surface area contributed by atoms with E-state index in [1.54, 1.807) is 7.05 Å². The van der Waals surface area contributed by atoms with Gasteiger partial charge in [-0.2, -0.15) is 0 Å². The summed E-state index contributed by atoms with van der Waals surface area (Å²) in [4.78, 5) is 34.9. The molecule has 9 nitrogen and oxygen atoms in total. The third kappa shape index (κ3) is 6.94. The molecule has 2 amide bonds. The van der Waals surface area contributed by atoms with Gasteiger partial charge >= 0.3 is 0 Å². The highest BCUT2D eigenvalue weighted by molar-refractivity contribution is 5.82. The van der Waals surface area contributed by atoms with Gasteiger partial charge < -0.3 is 25.2 Å². The van der Waals surface area contributed by atoms with Crippen LogP contribution in [0.3, 0.4) is 0 Å². The average molecular weight is 397 g/mol. The molecule has 0 atom stereocenters. The van der Waals surface area contributed by atoms with E-state index in [1.807, 2.05) is 25.7 Å². The number of hydrogen-bond donors (Lipinski definition) is 2. The molecule has 2 N–H and O–H groups in total. The topological polar surface area (TPSA) is 89.5 Å². The van der Waals surface area contributed by atoms with E-state index in [0.717, 1.165) is 32.1 Å². The maximum atomic E-state index is 12.4. The first-order valence-electron chi connectivity index (χ1n) is 10.1. The van der Waals surface area contributed by atoms with Gasteiger partial charge in [0.25, 0.3) is 0 Å². The van der Waals surface area contributed by atoms with Crippen molar-refractivity contribution in [2.75, 3.05) is 79.2 Å². The van der Waals surface area contributed by atoms with Crippen molar-refractivity contribution in [1.82, 2.24) is 25.3 Å². The minimum atomic E-state index is -0.378. The molecular formula is C19H36N6O3. The summed E-state index contributed by atoms with van der Waals surface area (Å²) in [6.45, 7) is 13.3. The van der Waals surface area contributed by atoms with E-state index >= 15 is 0 Å². The monoisotopic (exact) mass is 396 g/mol. The molecule has 2 rings (SSSR count). The van der Waals surface area contributed by atoms with Crippen LogP contribution in [0, 0.1) is 5.41 Å². The highest BCUT2D eigenvalue weighted by Gasteiger charge is 2.24. The Balaban J connectivity index is 1.67. The van der Waals surface area contributed by atoms with E-state index in [9.17, 15) is 9.59 Å². The molecule has 0 aromatic carbocycles. The Hall–Kier alpha value is -1.87. The summed E-state index contributed by atoms with van der Waals surface area (Å²) in [6.07, 6.45) is 0. The Labute approximate surface area is 168 Å². The summed E-state index contributed by atoms with van der Waals surface area (Å²) >= 11 is 0. The second-order valence-corrected chi connectivity index (χ2v) is 8.24. The van der Waals surface area contributed by atoms with E-state index in [0.29, 0.717) is 45.9 Å². The molecule has 160 valence electrons. The van der Waals surface area contributed by atoms with Gasteiger partial charge in [-0.3, -0.25) is 19.5 Å². The summed E-state index contributed by atoms with van der Waals surface area (Å²) in [5.41, 5.74) is -0.378. The Bertz CT molecular complexity index is 546. The van der Waals surface area contributed by atoms with Gasteiger partial charge in [0.05, 0.1) is 19.8 Å². The van der Waals surface area contributed by atoms with Crippen molar-refractivity contribution in [3.8, 4) is 0 Å². The van der Waals surface area contributed by atoms with Gasteiger partial charge in [-0.25, -0.2) is 0 Å². The van der Waals surface area contributed by atoms with Crippen LogP contribution in [0.15, 0.2) is 4.99 Å². The summed E-state index contributed by atoms with van der Waals surface area (Å²) in [5, 5.41) is 6.24. The molecule has 2 heterocycles. The van der Waals surface area contributed by atoms with Crippen molar-refractivity contribution in [1.29, 1.82) is 0 Å². The van der Waals surface area contributed by atoms with Crippen molar-refractivity contribution in [3.63, 3.8) is 0 Å². The number of aliphatic imine (C=N–C) groups is 1. The van der Waals surface area contributed by atoms with Gasteiger partial charge in [0, 0.05) is 64.8 Å². The van der Waals surface area contributed by atoms with E-state index in [2.05, 4.69) is 25.4 Å². The first-order chi connectivity index (χ1) is 13.3. The summed E-state index contributed by atoms with van der Waals surface area (Å²) < 4.78 is 5.31. The molecule has 0 aromatic rings. The molecule has 2 aliphatic heterocycles. The molecule has 2 aliphatic rings. The van der Waals surface area contributed by atoms with Crippen molar-refractivity contribution < 1.29 is 14.3 Å². The van der Waals surface area contributed by atoms with E-state index in [1.165, 1.54) is 0 Å². The lowest BCUT2D eigenvalue weighted by Gasteiger charge is -2.37. The van der Waals surface area contributed by atoms with Crippen LogP contribution in [-0.4, -0.2) is 112 Å². The van der Waals surface area contributed by atoms with Gasteiger partial charge in [-0.1, -0.05) is 20.8 Å². The predicted molar refractivity (Wildman–Crippen MR) is 109 cm³/mol. The zero-order valence-corrected chi connectivity index (χ0v) is 17.8. The molecule has 0 saturated carbocycles. The maximum Gasteiger partial charge on any atom is 0.236 e. The van der Waals surface area contributed by atoms with Gasteiger partial charge in [0.15, 0.2) is 5.96 Å². The number of rotatable bonds is 5. The molecule has 2 saturated heterocycles. The maximum absolute atomic E-state index is 12.4. The lowest BCUT2D eigenvalue weighted by Crippen LogP contribution is -2.55. The van der Waals surface area contributed by atoms with Crippen molar-refractivity contribution in [2.24, 2.45) is 10.4 Å². The zero-order chi connectivity index (χ0) is 20.6. The van der Waals surface area contributed by atoms with Crippen LogP contribution in [0.2, 0.25) is 0 Å². The Morgan fingerprint density at radius 3 is 2.11 bits per heavy atom. The van der Waals surface area contributed by atoms with E-state index in [4.69, 9.17) is 4.74 Å². The average Bonchev–Trinajstić information content (AvgIpc) is 2.68. The van der Waals surface area contributed by atoms with Gasteiger partial charge in [-0.15, -0.1) is 0 Å². The third-order valence-electron chi connectivity index (χ3n) is 4.98. The molecule has 28 heavy (non-hydrogen) atoms. The zero-order valence-electron chi connectivity index (χ0n) is 17.8. The van der Waals surface area contributed by atoms with Crippen LogP contribution in [0.5, 0.6) is 0 Å². The number of piperazine rings is 1. The Kier molecular flexibility index (Phi) is 8.50. The fourth-order valence-electron chi connectivity index (χ4n) is 3.17. The summed E-state index contributed by atoms with van der Waals surface area (Å²) in [7, 11) is 1.77. The van der Waals surface area contributed by atoms with Crippen molar-refractivity contribution in [3.05, 3.63) is 0 Å². The minimum Gasteiger partial charge on any atom is -0.378 e. The number of morpholine rings is 1. The predicted octanol–water partition coefficient (Wildman–Crippen LogP) is -0.799. The standard InChI is InChI=1S/C19H36N6O3/c1-19(2,3)17(27)21-5-6-22-18(20-4)25-9-7-23(8-10-25)15-16(26)24-11-13-28-14-12-24/h5-15H2,1-4H3,(H,20,22)(H,21,27). The minimum absolute atomic E-state index is 0.0443. The highest BCUT2D eigenvalue weighted by atomic mass is 16.5. The number of carbonyl (C=O) groups is 2. The fraction of sp³-hybridized carbons (Fsp3) is 0.842. The molecule has 0 aromatic heterocycles. The van der Waals surface area contributed by atoms with E-state index < -0.39 is 0 Å². The first kappa shape index (κ1) is 22.4. The van der Waals surface area contributed by atoms with E-state index in [-0.39, 0.29) is 17.2 Å². The summed E-state index contributed by atoms with van der Waals surface area (Å²) in [5.74, 6) is 1.07. The number of nitrogens with one attached hydrogen (secondary N) is 2.